The Labute approximate surface area is 208 Å². The standard InChI is InChI=1S/C26H26N4O5S/c1-17-7-13-21(14-8-17)36(33,34)24(15-18-16-27-23-6-4-3-5-22(18)23)25(31)29-30-26(32)28-19-9-11-20(35-2)12-10-19/h3-14,16,24,27H,15H2,1-2H3,(H,29,31)(H2,28,30,32)/t24-/m0/s1. The molecule has 3 amide bonds. The molecule has 4 N–H and O–H groups in total. The minimum Gasteiger partial charge on any atom is -0.497 e. The average Bonchev–Trinajstić information content (AvgIpc) is 3.29. The van der Waals surface area contributed by atoms with E-state index in [0.29, 0.717) is 17.0 Å². The molecule has 0 radical (unpaired) electrons. The van der Waals surface area contributed by atoms with Crippen molar-refractivity contribution in [1.82, 2.24) is 15.8 Å². The number of anilines is 1. The molecule has 0 spiro atoms. The number of nitrogens with one attached hydrogen (secondary N) is 4. The van der Waals surface area contributed by atoms with Gasteiger partial charge in [-0.1, -0.05) is 35.9 Å². The quantitative estimate of drug-likeness (QED) is 0.284. The van der Waals surface area contributed by atoms with E-state index in [-0.39, 0.29) is 11.3 Å². The topological polar surface area (TPSA) is 129 Å². The van der Waals surface area contributed by atoms with Crippen molar-refractivity contribution in [3.8, 4) is 5.75 Å². The van der Waals surface area contributed by atoms with Crippen LogP contribution in [0.15, 0.2) is 83.9 Å². The van der Waals surface area contributed by atoms with Gasteiger partial charge in [-0.05, 0) is 55.0 Å². The van der Waals surface area contributed by atoms with Crippen LogP contribution in [0.25, 0.3) is 10.9 Å². The van der Waals surface area contributed by atoms with Crippen LogP contribution in [0.2, 0.25) is 0 Å². The van der Waals surface area contributed by atoms with Gasteiger partial charge in [0.15, 0.2) is 9.84 Å². The zero-order chi connectivity index (χ0) is 25.7. The molecule has 186 valence electrons. The molecule has 0 saturated carbocycles. The Morgan fingerprint density at radius 2 is 1.64 bits per heavy atom. The van der Waals surface area contributed by atoms with Gasteiger partial charge in [-0.2, -0.15) is 0 Å². The fourth-order valence-electron chi connectivity index (χ4n) is 3.77. The summed E-state index contributed by atoms with van der Waals surface area (Å²) < 4.78 is 32.1. The highest BCUT2D eigenvalue weighted by molar-refractivity contribution is 7.92. The number of urea groups is 1. The highest BCUT2D eigenvalue weighted by Gasteiger charge is 2.35. The van der Waals surface area contributed by atoms with Gasteiger partial charge in [0, 0.05) is 29.2 Å². The van der Waals surface area contributed by atoms with Gasteiger partial charge < -0.3 is 15.0 Å². The number of fused-ring (bicyclic) bond motifs is 1. The van der Waals surface area contributed by atoms with E-state index in [0.717, 1.165) is 16.5 Å². The largest absolute Gasteiger partial charge is 0.497 e. The van der Waals surface area contributed by atoms with Crippen molar-refractivity contribution in [2.75, 3.05) is 12.4 Å². The maximum Gasteiger partial charge on any atom is 0.337 e. The summed E-state index contributed by atoms with van der Waals surface area (Å²) in [6.45, 7) is 1.85. The molecule has 1 aromatic heterocycles. The first-order chi connectivity index (χ1) is 17.3. The summed E-state index contributed by atoms with van der Waals surface area (Å²) in [6, 6.07) is 19.6. The van der Waals surface area contributed by atoms with Gasteiger partial charge in [-0.15, -0.1) is 0 Å². The third-order valence-electron chi connectivity index (χ3n) is 5.74. The molecular formula is C26H26N4O5S. The summed E-state index contributed by atoms with van der Waals surface area (Å²) >= 11 is 0. The maximum atomic E-state index is 13.5. The summed E-state index contributed by atoms with van der Waals surface area (Å²) in [4.78, 5) is 28.6. The van der Waals surface area contributed by atoms with Crippen LogP contribution in [0, 0.1) is 6.92 Å². The molecule has 0 aliphatic heterocycles. The third kappa shape index (κ3) is 5.49. The Kier molecular flexibility index (Phi) is 7.25. The van der Waals surface area contributed by atoms with Crippen molar-refractivity contribution < 1.29 is 22.7 Å². The third-order valence-corrected chi connectivity index (χ3v) is 7.80. The Morgan fingerprint density at radius 1 is 0.944 bits per heavy atom. The number of H-pyrrole nitrogens is 1. The van der Waals surface area contributed by atoms with Gasteiger partial charge in [0.25, 0.3) is 5.91 Å². The van der Waals surface area contributed by atoms with E-state index in [2.05, 4.69) is 21.2 Å². The first-order valence-corrected chi connectivity index (χ1v) is 12.7. The normalized spacial score (nSPS) is 12.1. The lowest BCUT2D eigenvalue weighted by Gasteiger charge is -2.18. The number of methoxy groups -OCH3 is 1. The van der Waals surface area contributed by atoms with Crippen molar-refractivity contribution in [3.63, 3.8) is 0 Å². The van der Waals surface area contributed by atoms with E-state index in [4.69, 9.17) is 4.74 Å². The molecule has 1 atom stereocenters. The minimum atomic E-state index is -4.09. The number of para-hydroxylation sites is 1. The van der Waals surface area contributed by atoms with Gasteiger partial charge in [-0.3, -0.25) is 10.2 Å². The number of amides is 3. The number of carbonyl (C=O) groups is 2. The van der Waals surface area contributed by atoms with Crippen LogP contribution in [-0.2, 0) is 21.1 Å². The summed E-state index contributed by atoms with van der Waals surface area (Å²) in [5, 5.41) is 1.89. The summed E-state index contributed by atoms with van der Waals surface area (Å²) in [5.41, 5.74) is 7.35. The SMILES string of the molecule is COc1ccc(NC(=O)NNC(=O)[C@H](Cc2c[nH]c3ccccc23)S(=O)(=O)c2ccc(C)cc2)cc1. The Balaban J connectivity index is 1.54. The highest BCUT2D eigenvalue weighted by atomic mass is 32.2. The van der Waals surface area contributed by atoms with E-state index in [1.165, 1.54) is 19.2 Å². The molecule has 1 heterocycles. The number of sulfone groups is 1. The van der Waals surface area contributed by atoms with Crippen LogP contribution >= 0.6 is 0 Å². The number of carbonyl (C=O) groups excluding carboxylic acids is 2. The second-order valence-electron chi connectivity index (χ2n) is 8.21. The van der Waals surface area contributed by atoms with Crippen LogP contribution in [0.3, 0.4) is 0 Å². The molecule has 9 nitrogen and oxygen atoms in total. The summed E-state index contributed by atoms with van der Waals surface area (Å²) in [5.74, 6) is -0.235. The van der Waals surface area contributed by atoms with Crippen molar-refractivity contribution in [2.45, 2.75) is 23.5 Å². The molecule has 4 aromatic rings. The second-order valence-corrected chi connectivity index (χ2v) is 10.3. The number of hydrogen-bond donors (Lipinski definition) is 4. The lowest BCUT2D eigenvalue weighted by atomic mass is 10.1. The van der Waals surface area contributed by atoms with Crippen LogP contribution < -0.4 is 20.9 Å². The molecule has 0 unspecified atom stereocenters. The fraction of sp³-hybridized carbons (Fsp3) is 0.154. The first kappa shape index (κ1) is 24.8. The van der Waals surface area contributed by atoms with Gasteiger partial charge in [0.1, 0.15) is 11.0 Å². The number of aryl methyl sites for hydroxylation is 1. The van der Waals surface area contributed by atoms with Crippen LogP contribution in [0.5, 0.6) is 5.75 Å². The van der Waals surface area contributed by atoms with E-state index in [1.807, 2.05) is 31.2 Å². The van der Waals surface area contributed by atoms with Crippen molar-refractivity contribution in [1.29, 1.82) is 0 Å². The number of aromatic nitrogens is 1. The maximum absolute atomic E-state index is 13.5. The molecule has 0 aliphatic carbocycles. The van der Waals surface area contributed by atoms with Gasteiger partial charge in [0.05, 0.1) is 12.0 Å². The fourth-order valence-corrected chi connectivity index (χ4v) is 5.36. The Bertz CT molecular complexity index is 1480. The average molecular weight is 507 g/mol. The predicted octanol–water partition coefficient (Wildman–Crippen LogP) is 3.72. The lowest BCUT2D eigenvalue weighted by Crippen LogP contribution is -2.50. The molecule has 0 bridgehead atoms. The molecule has 4 rings (SSSR count). The van der Waals surface area contributed by atoms with E-state index in [1.54, 1.807) is 42.6 Å². The molecule has 0 fully saturated rings. The molecule has 0 aliphatic rings. The molecule has 36 heavy (non-hydrogen) atoms. The highest BCUT2D eigenvalue weighted by Crippen LogP contribution is 2.25. The van der Waals surface area contributed by atoms with Gasteiger partial charge >= 0.3 is 6.03 Å². The first-order valence-electron chi connectivity index (χ1n) is 11.1. The van der Waals surface area contributed by atoms with Crippen molar-refractivity contribution >= 4 is 38.4 Å². The Morgan fingerprint density at radius 3 is 2.33 bits per heavy atom. The Hall–Kier alpha value is -4.31. The smallest absolute Gasteiger partial charge is 0.337 e. The van der Waals surface area contributed by atoms with Gasteiger partial charge in [0.2, 0.25) is 0 Å². The summed E-state index contributed by atoms with van der Waals surface area (Å²) in [7, 11) is -2.56. The number of benzene rings is 3. The van der Waals surface area contributed by atoms with Crippen molar-refractivity contribution in [2.24, 2.45) is 0 Å². The monoisotopic (exact) mass is 506 g/mol. The summed E-state index contributed by atoms with van der Waals surface area (Å²) in [6.07, 6.45) is 1.60. The van der Waals surface area contributed by atoms with Crippen LogP contribution in [-0.4, -0.2) is 37.7 Å². The number of aromatic amines is 1. The molecular weight excluding hydrogens is 480 g/mol. The van der Waals surface area contributed by atoms with Crippen molar-refractivity contribution in [3.05, 3.63) is 90.1 Å². The lowest BCUT2D eigenvalue weighted by molar-refractivity contribution is -0.121. The van der Waals surface area contributed by atoms with Crippen LogP contribution in [0.1, 0.15) is 11.1 Å². The second kappa shape index (κ2) is 10.5. The minimum absolute atomic E-state index is 0.0239. The van der Waals surface area contributed by atoms with E-state index >= 15 is 0 Å². The molecule has 0 saturated heterocycles. The predicted molar refractivity (Wildman–Crippen MR) is 137 cm³/mol. The number of ether oxygens (including phenoxy) is 1. The zero-order valence-corrected chi connectivity index (χ0v) is 20.6. The number of hydrazine groups is 1. The van der Waals surface area contributed by atoms with E-state index < -0.39 is 27.0 Å². The van der Waals surface area contributed by atoms with E-state index in [9.17, 15) is 18.0 Å². The molecule has 10 heteroatoms. The van der Waals surface area contributed by atoms with Gasteiger partial charge in [-0.25, -0.2) is 18.6 Å². The number of rotatable bonds is 7. The molecule has 3 aromatic carbocycles. The van der Waals surface area contributed by atoms with Crippen LogP contribution in [0.4, 0.5) is 10.5 Å². The zero-order valence-electron chi connectivity index (χ0n) is 19.7. The number of hydrogen-bond acceptors (Lipinski definition) is 5.